The Bertz CT molecular complexity index is 824. The maximum Gasteiger partial charge on any atom is 0.342 e. The summed E-state index contributed by atoms with van der Waals surface area (Å²) < 4.78 is 16.5. The first-order valence-corrected chi connectivity index (χ1v) is 7.42. The molecule has 0 aliphatic carbocycles. The molecule has 118 valence electrons. The van der Waals surface area contributed by atoms with E-state index in [1.165, 1.54) is 0 Å². The van der Waals surface area contributed by atoms with Gasteiger partial charge in [0.2, 0.25) is 0 Å². The van der Waals surface area contributed by atoms with Gasteiger partial charge in [-0.1, -0.05) is 6.07 Å². The molecule has 0 saturated heterocycles. The van der Waals surface area contributed by atoms with Gasteiger partial charge in [0.25, 0.3) is 0 Å². The predicted molar refractivity (Wildman–Crippen MR) is 85.5 cm³/mol. The summed E-state index contributed by atoms with van der Waals surface area (Å²) in [5.41, 5.74) is 1.92. The Balaban J connectivity index is 1.88. The van der Waals surface area contributed by atoms with Crippen LogP contribution < -0.4 is 4.74 Å². The number of esters is 1. The molecule has 23 heavy (non-hydrogen) atoms. The molecule has 1 aromatic carbocycles. The van der Waals surface area contributed by atoms with E-state index in [1.54, 1.807) is 32.2 Å². The number of carbonyl (C=O) groups is 1. The predicted octanol–water partition coefficient (Wildman–Crippen LogP) is 3.89. The molecule has 0 saturated carbocycles. The highest BCUT2D eigenvalue weighted by atomic mass is 16.5. The Hall–Kier alpha value is -2.82. The van der Waals surface area contributed by atoms with Gasteiger partial charge in [0.15, 0.2) is 0 Å². The Labute approximate surface area is 133 Å². The molecule has 0 atom stereocenters. The molecule has 3 rings (SSSR count). The Morgan fingerprint density at radius 2 is 2.13 bits per heavy atom. The lowest BCUT2D eigenvalue weighted by Gasteiger charge is -2.06. The number of aromatic nitrogens is 1. The highest BCUT2D eigenvalue weighted by molar-refractivity contribution is 6.04. The minimum absolute atomic E-state index is 0.320. The zero-order chi connectivity index (χ0) is 16.2. The number of ether oxygens (including phenoxy) is 2. The molecule has 0 unspecified atom stereocenters. The summed E-state index contributed by atoms with van der Waals surface area (Å²) in [5, 5.41) is 0.694. The number of hydrogen-bond donors (Lipinski definition) is 0. The number of nitrogens with zero attached hydrogens (tertiary/aromatic N) is 1. The third-order valence-corrected chi connectivity index (χ3v) is 3.43. The standard InChI is InChI=1S/C18H17NO4/c1-3-21-18(20)17-12(2)23-16-8-7-14(10-15(16)17)22-11-13-6-4-5-9-19-13/h4-10H,3,11H2,1-2H3. The SMILES string of the molecule is CCOC(=O)c1c(C)oc2ccc(OCc3ccccn3)cc12. The van der Waals surface area contributed by atoms with Crippen LogP contribution >= 0.6 is 0 Å². The normalized spacial score (nSPS) is 10.7. The molecule has 0 aliphatic rings. The van der Waals surface area contributed by atoms with Gasteiger partial charge in [-0.3, -0.25) is 4.98 Å². The van der Waals surface area contributed by atoms with Gasteiger partial charge in [0, 0.05) is 11.6 Å². The summed E-state index contributed by atoms with van der Waals surface area (Å²) >= 11 is 0. The van der Waals surface area contributed by atoms with Crippen LogP contribution in [0.3, 0.4) is 0 Å². The molecule has 0 spiro atoms. The van der Waals surface area contributed by atoms with Gasteiger partial charge in [-0.25, -0.2) is 4.79 Å². The van der Waals surface area contributed by atoms with Gasteiger partial charge >= 0.3 is 5.97 Å². The van der Waals surface area contributed by atoms with Gasteiger partial charge in [-0.2, -0.15) is 0 Å². The molecule has 0 aliphatic heterocycles. The first-order valence-electron chi connectivity index (χ1n) is 7.42. The average Bonchev–Trinajstić information content (AvgIpc) is 2.89. The summed E-state index contributed by atoms with van der Waals surface area (Å²) in [5.74, 6) is 0.806. The van der Waals surface area contributed by atoms with Crippen LogP contribution in [0.1, 0.15) is 28.7 Å². The molecule has 0 amide bonds. The highest BCUT2D eigenvalue weighted by Crippen LogP contribution is 2.30. The minimum atomic E-state index is -0.384. The van der Waals surface area contributed by atoms with Crippen LogP contribution in [-0.2, 0) is 11.3 Å². The largest absolute Gasteiger partial charge is 0.487 e. The second-order valence-corrected chi connectivity index (χ2v) is 5.02. The quantitative estimate of drug-likeness (QED) is 0.669. The summed E-state index contributed by atoms with van der Waals surface area (Å²) in [4.78, 5) is 16.3. The first-order chi connectivity index (χ1) is 11.2. The molecule has 5 heteroatoms. The van der Waals surface area contributed by atoms with Gasteiger partial charge < -0.3 is 13.9 Å². The lowest BCUT2D eigenvalue weighted by Crippen LogP contribution is -2.05. The molecule has 5 nitrogen and oxygen atoms in total. The molecule has 2 heterocycles. The first kappa shape index (κ1) is 15.1. The molecule has 0 N–H and O–H groups in total. The number of aryl methyl sites for hydroxylation is 1. The monoisotopic (exact) mass is 311 g/mol. The third-order valence-electron chi connectivity index (χ3n) is 3.43. The molecule has 2 aromatic heterocycles. The van der Waals surface area contributed by atoms with Gasteiger partial charge in [0.05, 0.1) is 12.3 Å². The van der Waals surface area contributed by atoms with Crippen LogP contribution in [0.25, 0.3) is 11.0 Å². The van der Waals surface area contributed by atoms with Gasteiger partial charge in [-0.05, 0) is 44.2 Å². The van der Waals surface area contributed by atoms with Crippen LogP contribution in [-0.4, -0.2) is 17.6 Å². The molecule has 3 aromatic rings. The molecule has 0 bridgehead atoms. The van der Waals surface area contributed by atoms with Crippen LogP contribution in [0.15, 0.2) is 47.0 Å². The van der Waals surface area contributed by atoms with Crippen molar-refractivity contribution in [3.8, 4) is 5.75 Å². The number of furan rings is 1. The van der Waals surface area contributed by atoms with Gasteiger partial charge in [-0.15, -0.1) is 0 Å². The van der Waals surface area contributed by atoms with Crippen molar-refractivity contribution in [1.29, 1.82) is 0 Å². The number of hydrogen-bond acceptors (Lipinski definition) is 5. The fourth-order valence-electron chi connectivity index (χ4n) is 2.39. The van der Waals surface area contributed by atoms with Crippen molar-refractivity contribution in [2.75, 3.05) is 6.61 Å². The fourth-order valence-corrected chi connectivity index (χ4v) is 2.39. The van der Waals surface area contributed by atoms with Gasteiger partial charge in [0.1, 0.15) is 29.3 Å². The topological polar surface area (TPSA) is 61.6 Å². The highest BCUT2D eigenvalue weighted by Gasteiger charge is 2.19. The second kappa shape index (κ2) is 6.52. The Morgan fingerprint density at radius 3 is 2.87 bits per heavy atom. The number of fused-ring (bicyclic) bond motifs is 1. The third kappa shape index (κ3) is 3.18. The number of pyridine rings is 1. The molecule has 0 fully saturated rings. The van der Waals surface area contributed by atoms with Crippen molar-refractivity contribution < 1.29 is 18.7 Å². The summed E-state index contributed by atoms with van der Waals surface area (Å²) in [6, 6.07) is 11.1. The summed E-state index contributed by atoms with van der Waals surface area (Å²) in [6.07, 6.45) is 1.72. The Morgan fingerprint density at radius 1 is 1.26 bits per heavy atom. The summed E-state index contributed by atoms with van der Waals surface area (Å²) in [7, 11) is 0. The van der Waals surface area contributed by atoms with E-state index in [2.05, 4.69) is 4.98 Å². The van der Waals surface area contributed by atoms with E-state index in [9.17, 15) is 4.79 Å². The van der Waals surface area contributed by atoms with Crippen LogP contribution in [0, 0.1) is 6.92 Å². The van der Waals surface area contributed by atoms with Crippen molar-refractivity contribution >= 4 is 16.9 Å². The van der Waals surface area contributed by atoms with E-state index >= 15 is 0 Å². The second-order valence-electron chi connectivity index (χ2n) is 5.02. The number of rotatable bonds is 5. The lowest BCUT2D eigenvalue weighted by atomic mass is 10.1. The maximum atomic E-state index is 12.1. The van der Waals surface area contributed by atoms with E-state index in [0.29, 0.717) is 41.3 Å². The number of benzene rings is 1. The van der Waals surface area contributed by atoms with Crippen LogP contribution in [0.5, 0.6) is 5.75 Å². The molecular weight excluding hydrogens is 294 g/mol. The zero-order valence-electron chi connectivity index (χ0n) is 13.0. The molecule has 0 radical (unpaired) electrons. The van der Waals surface area contributed by atoms with Crippen LogP contribution in [0.2, 0.25) is 0 Å². The minimum Gasteiger partial charge on any atom is -0.487 e. The van der Waals surface area contributed by atoms with Crippen LogP contribution in [0.4, 0.5) is 0 Å². The fraction of sp³-hybridized carbons (Fsp3) is 0.222. The smallest absolute Gasteiger partial charge is 0.342 e. The number of carbonyl (C=O) groups excluding carboxylic acids is 1. The molecular formula is C18H17NO4. The lowest BCUT2D eigenvalue weighted by molar-refractivity contribution is 0.0526. The van der Waals surface area contributed by atoms with E-state index < -0.39 is 0 Å². The van der Waals surface area contributed by atoms with Crippen molar-refractivity contribution in [2.24, 2.45) is 0 Å². The van der Waals surface area contributed by atoms with E-state index in [0.717, 1.165) is 5.69 Å². The van der Waals surface area contributed by atoms with Crippen molar-refractivity contribution in [1.82, 2.24) is 4.98 Å². The average molecular weight is 311 g/mol. The van der Waals surface area contributed by atoms with Crippen molar-refractivity contribution in [2.45, 2.75) is 20.5 Å². The van der Waals surface area contributed by atoms with E-state index in [-0.39, 0.29) is 5.97 Å². The Kier molecular flexibility index (Phi) is 4.28. The van der Waals surface area contributed by atoms with Crippen molar-refractivity contribution in [3.63, 3.8) is 0 Å². The van der Waals surface area contributed by atoms with E-state index in [1.807, 2.05) is 24.3 Å². The maximum absolute atomic E-state index is 12.1. The summed E-state index contributed by atoms with van der Waals surface area (Å²) in [6.45, 7) is 4.20. The van der Waals surface area contributed by atoms with E-state index in [4.69, 9.17) is 13.9 Å². The zero-order valence-corrected chi connectivity index (χ0v) is 13.0. The van der Waals surface area contributed by atoms with Crippen molar-refractivity contribution in [3.05, 3.63) is 59.6 Å².